The Morgan fingerprint density at radius 3 is 2.27 bits per heavy atom. The molecule has 0 spiro atoms. The van der Waals surface area contributed by atoms with Crippen LogP contribution in [0.2, 0.25) is 10.0 Å². The van der Waals surface area contributed by atoms with Gasteiger partial charge in [0.25, 0.3) is 0 Å². The van der Waals surface area contributed by atoms with E-state index < -0.39 is 0 Å². The van der Waals surface area contributed by atoms with Gasteiger partial charge in [-0.05, 0) is 47.4 Å². The fourth-order valence-corrected chi connectivity index (χ4v) is 3.04. The molecule has 1 radical (unpaired) electrons. The topological polar surface area (TPSA) is 0 Å². The van der Waals surface area contributed by atoms with Crippen molar-refractivity contribution in [3.8, 4) is 0 Å². The Labute approximate surface area is 141 Å². The van der Waals surface area contributed by atoms with Crippen molar-refractivity contribution in [3.63, 3.8) is 0 Å². The minimum absolute atomic E-state index is 0.196. The van der Waals surface area contributed by atoms with Crippen LogP contribution >= 0.6 is 23.2 Å². The van der Waals surface area contributed by atoms with Crippen LogP contribution in [0, 0.1) is 6.07 Å². The van der Waals surface area contributed by atoms with E-state index in [9.17, 15) is 0 Å². The molecule has 2 heteroatoms. The summed E-state index contributed by atoms with van der Waals surface area (Å²) in [6, 6.07) is 27.3. The molecule has 3 aromatic carbocycles. The SMILES string of the molecule is Clc1ccc(C(Cc2ccccc2)c2cc[c]cc2Cl)cc1. The van der Waals surface area contributed by atoms with E-state index in [-0.39, 0.29) is 5.92 Å². The monoisotopic (exact) mass is 325 g/mol. The second-order valence-electron chi connectivity index (χ2n) is 5.24. The van der Waals surface area contributed by atoms with E-state index in [1.807, 2.05) is 36.4 Å². The van der Waals surface area contributed by atoms with Gasteiger partial charge in [-0.15, -0.1) is 0 Å². The Morgan fingerprint density at radius 1 is 0.864 bits per heavy atom. The first kappa shape index (κ1) is 15.1. The van der Waals surface area contributed by atoms with Crippen molar-refractivity contribution < 1.29 is 0 Å². The normalized spacial score (nSPS) is 12.1. The van der Waals surface area contributed by atoms with Gasteiger partial charge in [0.2, 0.25) is 0 Å². The molecular weight excluding hydrogens is 311 g/mol. The van der Waals surface area contributed by atoms with Gasteiger partial charge in [-0.1, -0.05) is 77.8 Å². The lowest BCUT2D eigenvalue weighted by Crippen LogP contribution is -2.06. The average molecular weight is 326 g/mol. The molecule has 0 aliphatic heterocycles. The van der Waals surface area contributed by atoms with Crippen LogP contribution in [0.1, 0.15) is 22.6 Å². The van der Waals surface area contributed by atoms with E-state index in [2.05, 4.69) is 42.5 Å². The smallest absolute Gasteiger partial charge is 0.0450 e. The Bertz CT molecular complexity index is 733. The van der Waals surface area contributed by atoms with Crippen LogP contribution in [0.5, 0.6) is 0 Å². The van der Waals surface area contributed by atoms with Crippen LogP contribution in [0.3, 0.4) is 0 Å². The lowest BCUT2D eigenvalue weighted by atomic mass is 9.86. The van der Waals surface area contributed by atoms with Crippen molar-refractivity contribution >= 4 is 23.2 Å². The van der Waals surface area contributed by atoms with Gasteiger partial charge >= 0.3 is 0 Å². The van der Waals surface area contributed by atoms with E-state index in [0.29, 0.717) is 0 Å². The molecule has 109 valence electrons. The zero-order valence-electron chi connectivity index (χ0n) is 12.0. The highest BCUT2D eigenvalue weighted by molar-refractivity contribution is 6.31. The maximum atomic E-state index is 6.41. The molecular formula is C20H15Cl2. The third-order valence-electron chi connectivity index (χ3n) is 3.78. The van der Waals surface area contributed by atoms with Crippen LogP contribution in [0.4, 0.5) is 0 Å². The van der Waals surface area contributed by atoms with E-state index >= 15 is 0 Å². The van der Waals surface area contributed by atoms with Gasteiger partial charge in [0.1, 0.15) is 0 Å². The first-order chi connectivity index (χ1) is 10.7. The standard InChI is InChI=1S/C20H15Cl2/c21-17-12-10-16(11-13-17)19(14-15-6-2-1-3-7-15)18-8-4-5-9-20(18)22/h1-4,6-13,19H,14H2. The first-order valence-electron chi connectivity index (χ1n) is 7.19. The van der Waals surface area contributed by atoms with Crippen molar-refractivity contribution in [2.75, 3.05) is 0 Å². The number of hydrogen-bond acceptors (Lipinski definition) is 0. The Morgan fingerprint density at radius 2 is 1.59 bits per heavy atom. The molecule has 0 bridgehead atoms. The van der Waals surface area contributed by atoms with Gasteiger partial charge in [0.15, 0.2) is 0 Å². The van der Waals surface area contributed by atoms with Crippen molar-refractivity contribution in [2.45, 2.75) is 12.3 Å². The van der Waals surface area contributed by atoms with Gasteiger partial charge < -0.3 is 0 Å². The van der Waals surface area contributed by atoms with Gasteiger partial charge in [0, 0.05) is 16.0 Å². The molecule has 0 saturated carbocycles. The summed E-state index contributed by atoms with van der Waals surface area (Å²) in [5.74, 6) is 0.196. The zero-order valence-corrected chi connectivity index (χ0v) is 13.5. The third kappa shape index (κ3) is 3.52. The van der Waals surface area contributed by atoms with Gasteiger partial charge in [0.05, 0.1) is 0 Å². The molecule has 0 fully saturated rings. The minimum atomic E-state index is 0.196. The summed E-state index contributed by atoms with van der Waals surface area (Å²) < 4.78 is 0. The predicted molar refractivity (Wildman–Crippen MR) is 93.7 cm³/mol. The molecule has 22 heavy (non-hydrogen) atoms. The lowest BCUT2D eigenvalue weighted by molar-refractivity contribution is 0.805. The second-order valence-corrected chi connectivity index (χ2v) is 6.09. The van der Waals surface area contributed by atoms with E-state index in [0.717, 1.165) is 22.0 Å². The van der Waals surface area contributed by atoms with Gasteiger partial charge in [-0.3, -0.25) is 0 Å². The van der Waals surface area contributed by atoms with Crippen molar-refractivity contribution in [1.82, 2.24) is 0 Å². The highest BCUT2D eigenvalue weighted by Gasteiger charge is 2.17. The molecule has 3 rings (SSSR count). The van der Waals surface area contributed by atoms with Crippen molar-refractivity contribution in [1.29, 1.82) is 0 Å². The summed E-state index contributed by atoms with van der Waals surface area (Å²) in [5.41, 5.74) is 3.61. The van der Waals surface area contributed by atoms with Crippen LogP contribution in [-0.4, -0.2) is 0 Å². The highest BCUT2D eigenvalue weighted by Crippen LogP contribution is 2.33. The quantitative estimate of drug-likeness (QED) is 0.538. The molecule has 0 aliphatic rings. The number of halogens is 2. The zero-order chi connectivity index (χ0) is 15.4. The molecule has 0 aromatic heterocycles. The molecule has 0 aliphatic carbocycles. The summed E-state index contributed by atoms with van der Waals surface area (Å²) in [7, 11) is 0. The van der Waals surface area contributed by atoms with Crippen LogP contribution in [-0.2, 0) is 6.42 Å². The fourth-order valence-electron chi connectivity index (χ4n) is 2.66. The van der Waals surface area contributed by atoms with E-state index in [1.54, 1.807) is 0 Å². The van der Waals surface area contributed by atoms with Crippen LogP contribution < -0.4 is 0 Å². The second kappa shape index (κ2) is 7.00. The first-order valence-corrected chi connectivity index (χ1v) is 7.94. The Hall–Kier alpha value is -1.76. The third-order valence-corrected chi connectivity index (χ3v) is 4.35. The molecule has 3 aromatic rings. The predicted octanol–water partition coefficient (Wildman–Crippen LogP) is 6.17. The maximum Gasteiger partial charge on any atom is 0.0450 e. The van der Waals surface area contributed by atoms with Gasteiger partial charge in [-0.25, -0.2) is 0 Å². The van der Waals surface area contributed by atoms with Crippen molar-refractivity contribution in [2.24, 2.45) is 0 Å². The van der Waals surface area contributed by atoms with E-state index in [4.69, 9.17) is 23.2 Å². The molecule has 0 N–H and O–H groups in total. The molecule has 1 unspecified atom stereocenters. The number of rotatable bonds is 4. The minimum Gasteiger partial charge on any atom is -0.0843 e. The summed E-state index contributed by atoms with van der Waals surface area (Å²) in [4.78, 5) is 0. The molecule has 0 nitrogen and oxygen atoms in total. The Balaban J connectivity index is 2.02. The summed E-state index contributed by atoms with van der Waals surface area (Å²) in [5, 5.41) is 1.49. The van der Waals surface area contributed by atoms with Crippen molar-refractivity contribution in [3.05, 3.63) is 106 Å². The average Bonchev–Trinajstić information content (AvgIpc) is 2.55. The highest BCUT2D eigenvalue weighted by atomic mass is 35.5. The summed E-state index contributed by atoms with van der Waals surface area (Å²) in [6.07, 6.45) is 0.895. The largest absolute Gasteiger partial charge is 0.0843 e. The maximum absolute atomic E-state index is 6.41. The van der Waals surface area contributed by atoms with Crippen LogP contribution in [0.15, 0.2) is 72.8 Å². The lowest BCUT2D eigenvalue weighted by Gasteiger charge is -2.19. The summed E-state index contributed by atoms with van der Waals surface area (Å²) in [6.45, 7) is 0. The molecule has 1 atom stereocenters. The number of hydrogen-bond donors (Lipinski definition) is 0. The van der Waals surface area contributed by atoms with E-state index in [1.165, 1.54) is 11.1 Å². The molecule has 0 saturated heterocycles. The Kier molecular flexibility index (Phi) is 4.82. The number of benzene rings is 3. The molecule has 0 amide bonds. The van der Waals surface area contributed by atoms with Gasteiger partial charge in [-0.2, -0.15) is 0 Å². The summed E-state index contributed by atoms with van der Waals surface area (Å²) >= 11 is 12.4. The molecule has 0 heterocycles. The van der Waals surface area contributed by atoms with Crippen LogP contribution in [0.25, 0.3) is 0 Å². The fraction of sp³-hybridized carbons (Fsp3) is 0.100.